The summed E-state index contributed by atoms with van der Waals surface area (Å²) in [5.41, 5.74) is 4.17. The van der Waals surface area contributed by atoms with Gasteiger partial charge in [-0.3, -0.25) is 14.3 Å². The number of fused-ring (bicyclic) bond motifs is 3. The van der Waals surface area contributed by atoms with E-state index in [2.05, 4.69) is 20.4 Å². The topological polar surface area (TPSA) is 59.7 Å². The number of amides is 1. The lowest BCUT2D eigenvalue weighted by Gasteiger charge is -2.33. The standard InChI is InChI=1S/C21H20N4O2/c26-21(27-14-15-4-2-1-3-5-15)25-17-6-7-18(25)11-16(10-17)19-12-23-20-13-22-8-9-24(19)20/h1-5,8-10,12-13,17-18H,6-7,11,14H2. The van der Waals surface area contributed by atoms with Crippen LogP contribution in [0.25, 0.3) is 11.2 Å². The fourth-order valence-electron chi connectivity index (χ4n) is 4.18. The summed E-state index contributed by atoms with van der Waals surface area (Å²) < 4.78 is 7.63. The molecule has 1 amide bonds. The first kappa shape index (κ1) is 16.1. The Morgan fingerprint density at radius 3 is 2.93 bits per heavy atom. The molecular formula is C21H20N4O2. The predicted molar refractivity (Wildman–Crippen MR) is 101 cm³/mol. The molecule has 2 aliphatic heterocycles. The third-order valence-electron chi connectivity index (χ3n) is 5.46. The maximum Gasteiger partial charge on any atom is 0.410 e. The van der Waals surface area contributed by atoms with Crippen molar-refractivity contribution in [3.63, 3.8) is 0 Å². The van der Waals surface area contributed by atoms with E-state index < -0.39 is 0 Å². The summed E-state index contributed by atoms with van der Waals surface area (Å²) in [7, 11) is 0. The van der Waals surface area contributed by atoms with E-state index in [0.717, 1.165) is 36.2 Å². The van der Waals surface area contributed by atoms with Gasteiger partial charge < -0.3 is 4.74 Å². The third-order valence-corrected chi connectivity index (χ3v) is 5.46. The average Bonchev–Trinajstić information content (AvgIpc) is 3.25. The van der Waals surface area contributed by atoms with E-state index in [9.17, 15) is 4.79 Å². The molecule has 27 heavy (non-hydrogen) atoms. The molecule has 0 N–H and O–H groups in total. The number of ether oxygens (including phenoxy) is 1. The number of benzene rings is 1. The number of nitrogens with zero attached hydrogens (tertiary/aromatic N) is 4. The van der Waals surface area contributed by atoms with E-state index in [4.69, 9.17) is 4.74 Å². The number of aromatic nitrogens is 3. The third kappa shape index (κ3) is 2.87. The predicted octanol–water partition coefficient (Wildman–Crippen LogP) is 3.69. The molecule has 1 aromatic carbocycles. The summed E-state index contributed by atoms with van der Waals surface area (Å²) in [5.74, 6) is 0. The molecule has 2 unspecified atom stereocenters. The van der Waals surface area contributed by atoms with Gasteiger partial charge in [0.25, 0.3) is 0 Å². The lowest BCUT2D eigenvalue weighted by Crippen LogP contribution is -2.43. The van der Waals surface area contributed by atoms with Crippen molar-refractivity contribution in [2.45, 2.75) is 38.0 Å². The molecule has 0 radical (unpaired) electrons. The molecule has 3 aromatic rings. The van der Waals surface area contributed by atoms with Crippen LogP contribution in [0.5, 0.6) is 0 Å². The highest BCUT2D eigenvalue weighted by Gasteiger charge is 2.41. The zero-order chi connectivity index (χ0) is 18.2. The van der Waals surface area contributed by atoms with Crippen LogP contribution in [0.15, 0.2) is 61.2 Å². The Morgan fingerprint density at radius 2 is 2.07 bits per heavy atom. The van der Waals surface area contributed by atoms with E-state index in [1.807, 2.05) is 47.6 Å². The number of carbonyl (C=O) groups excluding carboxylic acids is 1. The van der Waals surface area contributed by atoms with Gasteiger partial charge in [0.1, 0.15) is 6.61 Å². The first-order valence-corrected chi connectivity index (χ1v) is 9.27. The van der Waals surface area contributed by atoms with Crippen molar-refractivity contribution in [1.29, 1.82) is 0 Å². The van der Waals surface area contributed by atoms with Crippen LogP contribution in [0.3, 0.4) is 0 Å². The van der Waals surface area contributed by atoms with Gasteiger partial charge >= 0.3 is 6.09 Å². The number of rotatable bonds is 3. The van der Waals surface area contributed by atoms with Gasteiger partial charge in [0.15, 0.2) is 5.65 Å². The molecule has 6 nitrogen and oxygen atoms in total. The maximum absolute atomic E-state index is 12.7. The molecule has 2 aromatic heterocycles. The molecule has 1 saturated heterocycles. The van der Waals surface area contributed by atoms with Crippen LogP contribution in [-0.4, -0.2) is 37.4 Å². The van der Waals surface area contributed by atoms with Gasteiger partial charge in [-0.05, 0) is 30.4 Å². The summed E-state index contributed by atoms with van der Waals surface area (Å²) in [6, 6.07) is 10.1. The van der Waals surface area contributed by atoms with Crippen molar-refractivity contribution in [2.75, 3.05) is 0 Å². The summed E-state index contributed by atoms with van der Waals surface area (Å²) >= 11 is 0. The number of hydrogen-bond donors (Lipinski definition) is 0. The van der Waals surface area contributed by atoms with E-state index in [1.54, 1.807) is 12.4 Å². The minimum atomic E-state index is -0.219. The van der Waals surface area contributed by atoms with Gasteiger partial charge in [-0.1, -0.05) is 36.4 Å². The van der Waals surface area contributed by atoms with Gasteiger partial charge in [0.05, 0.1) is 24.1 Å². The summed E-state index contributed by atoms with van der Waals surface area (Å²) in [5, 5.41) is 0. The van der Waals surface area contributed by atoms with Crippen molar-refractivity contribution in [3.05, 3.63) is 72.5 Å². The molecule has 2 bridgehead atoms. The van der Waals surface area contributed by atoms with E-state index >= 15 is 0 Å². The van der Waals surface area contributed by atoms with Crippen LogP contribution < -0.4 is 0 Å². The molecule has 0 saturated carbocycles. The first-order valence-electron chi connectivity index (χ1n) is 9.27. The van der Waals surface area contributed by atoms with Gasteiger partial charge in [-0.15, -0.1) is 0 Å². The molecule has 2 atom stereocenters. The van der Waals surface area contributed by atoms with E-state index in [0.29, 0.717) is 6.61 Å². The molecule has 4 heterocycles. The van der Waals surface area contributed by atoms with Crippen molar-refractivity contribution in [3.8, 4) is 0 Å². The zero-order valence-corrected chi connectivity index (χ0v) is 14.9. The van der Waals surface area contributed by atoms with Crippen molar-refractivity contribution < 1.29 is 9.53 Å². The normalized spacial score (nSPS) is 21.3. The van der Waals surface area contributed by atoms with Gasteiger partial charge in [0, 0.05) is 18.4 Å². The maximum atomic E-state index is 12.7. The minimum absolute atomic E-state index is 0.0920. The Morgan fingerprint density at radius 1 is 1.19 bits per heavy atom. The van der Waals surface area contributed by atoms with Crippen molar-refractivity contribution in [1.82, 2.24) is 19.3 Å². The summed E-state index contributed by atoms with van der Waals surface area (Å²) in [6.07, 6.45) is 12.1. The molecular weight excluding hydrogens is 340 g/mol. The highest BCUT2D eigenvalue weighted by atomic mass is 16.6. The molecule has 1 fully saturated rings. The fourth-order valence-corrected chi connectivity index (χ4v) is 4.18. The Kier molecular flexibility index (Phi) is 3.89. The lowest BCUT2D eigenvalue weighted by atomic mass is 9.99. The smallest absolute Gasteiger partial charge is 0.410 e. The summed E-state index contributed by atoms with van der Waals surface area (Å²) in [6.45, 7) is 0.312. The molecule has 136 valence electrons. The molecule has 2 aliphatic rings. The van der Waals surface area contributed by atoms with Crippen LogP contribution in [0.2, 0.25) is 0 Å². The lowest BCUT2D eigenvalue weighted by molar-refractivity contribution is 0.0832. The van der Waals surface area contributed by atoms with Crippen LogP contribution in [0.1, 0.15) is 30.5 Å². The second-order valence-electron chi connectivity index (χ2n) is 7.09. The molecule has 0 spiro atoms. The number of carbonyl (C=O) groups is 1. The van der Waals surface area contributed by atoms with Gasteiger partial charge in [-0.2, -0.15) is 0 Å². The van der Waals surface area contributed by atoms with Gasteiger partial charge in [0.2, 0.25) is 0 Å². The Bertz CT molecular complexity index is 1010. The van der Waals surface area contributed by atoms with Gasteiger partial charge in [-0.25, -0.2) is 9.78 Å². The van der Waals surface area contributed by atoms with E-state index in [-0.39, 0.29) is 18.2 Å². The number of imidazole rings is 1. The monoisotopic (exact) mass is 360 g/mol. The number of hydrogen-bond acceptors (Lipinski definition) is 4. The van der Waals surface area contributed by atoms with Crippen LogP contribution in [0, 0.1) is 0 Å². The Labute approximate surface area is 157 Å². The molecule has 6 heteroatoms. The average molecular weight is 360 g/mol. The summed E-state index contributed by atoms with van der Waals surface area (Å²) in [4.78, 5) is 23.2. The van der Waals surface area contributed by atoms with Crippen molar-refractivity contribution in [2.24, 2.45) is 0 Å². The highest BCUT2D eigenvalue weighted by Crippen LogP contribution is 2.39. The second kappa shape index (κ2) is 6.54. The first-order chi connectivity index (χ1) is 13.3. The Balaban J connectivity index is 1.35. The zero-order valence-electron chi connectivity index (χ0n) is 14.9. The minimum Gasteiger partial charge on any atom is -0.445 e. The molecule has 0 aliphatic carbocycles. The van der Waals surface area contributed by atoms with Crippen LogP contribution >= 0.6 is 0 Å². The SMILES string of the molecule is O=C(OCc1ccccc1)N1C2C=C(c3cnc4cnccn34)CC1CC2. The fraction of sp³-hybridized carbons (Fsp3) is 0.286. The quantitative estimate of drug-likeness (QED) is 0.715. The van der Waals surface area contributed by atoms with Crippen molar-refractivity contribution >= 4 is 17.3 Å². The second-order valence-corrected chi connectivity index (χ2v) is 7.09. The van der Waals surface area contributed by atoms with E-state index in [1.165, 1.54) is 5.57 Å². The van der Waals surface area contributed by atoms with Crippen LogP contribution in [0.4, 0.5) is 4.79 Å². The molecule has 5 rings (SSSR count). The van der Waals surface area contributed by atoms with Crippen LogP contribution in [-0.2, 0) is 11.3 Å². The Hall–Kier alpha value is -3.15. The highest BCUT2D eigenvalue weighted by molar-refractivity contribution is 5.74. The largest absolute Gasteiger partial charge is 0.445 e.